The van der Waals surface area contributed by atoms with Gasteiger partial charge in [0.05, 0.1) is 5.84 Å². The Morgan fingerprint density at radius 1 is 1.27 bits per heavy atom. The minimum absolute atomic E-state index is 0.708. The number of nitrogens with one attached hydrogen (secondary N) is 1. The maximum Gasteiger partial charge on any atom is 0.0965 e. The molecule has 0 radical (unpaired) electrons. The molecule has 0 bridgehead atoms. The van der Waals surface area contributed by atoms with E-state index in [-0.39, 0.29) is 0 Å². The molecule has 0 saturated heterocycles. The van der Waals surface area contributed by atoms with Crippen molar-refractivity contribution in [2.24, 2.45) is 4.99 Å². The first kappa shape index (κ1) is 11.3. The maximum atomic E-state index is 4.64. The van der Waals surface area contributed by atoms with E-state index in [9.17, 15) is 0 Å². The second-order valence-electron chi connectivity index (χ2n) is 4.65. The fourth-order valence-electron chi connectivity index (χ4n) is 2.51. The molecule has 1 aliphatic carbocycles. The smallest absolute Gasteiger partial charge is 0.0965 e. The number of amidine groups is 1. The quantitative estimate of drug-likeness (QED) is 0.783. The molecular weight excluding hydrogens is 204 g/mol. The summed E-state index contributed by atoms with van der Waals surface area (Å²) in [6.07, 6.45) is 11.4. The molecule has 2 rings (SSSR count). The molecule has 0 aromatic rings. The van der Waals surface area contributed by atoms with Gasteiger partial charge in [0.15, 0.2) is 0 Å². The van der Waals surface area contributed by atoms with Crippen LogP contribution in [0.15, 0.2) is 4.99 Å². The lowest BCUT2D eigenvalue weighted by Gasteiger charge is -2.15. The lowest BCUT2D eigenvalue weighted by atomic mass is 10.2. The molecule has 2 unspecified atom stereocenters. The molecule has 0 aromatic heterocycles. The van der Waals surface area contributed by atoms with Gasteiger partial charge in [0.25, 0.3) is 0 Å². The molecule has 2 nitrogen and oxygen atoms in total. The lowest BCUT2D eigenvalue weighted by molar-refractivity contribution is 0.621. The standard InChI is InChI=1S/C12H22N2S/c1-15-11-7-6-10(9-11)14-12-5-3-2-4-8-13-12/h10-11H,2-9H2,1H3,(H,13,14). The molecule has 1 N–H and O–H groups in total. The molecule has 2 aliphatic rings. The van der Waals surface area contributed by atoms with E-state index < -0.39 is 0 Å². The Bertz CT molecular complexity index is 228. The van der Waals surface area contributed by atoms with Crippen molar-refractivity contribution < 1.29 is 0 Å². The Labute approximate surface area is 97.3 Å². The summed E-state index contributed by atoms with van der Waals surface area (Å²) in [5, 5.41) is 4.54. The minimum atomic E-state index is 0.708. The normalized spacial score (nSPS) is 32.2. The Morgan fingerprint density at radius 2 is 2.20 bits per heavy atom. The van der Waals surface area contributed by atoms with Crippen LogP contribution in [0.4, 0.5) is 0 Å². The number of nitrogens with zero attached hydrogens (tertiary/aromatic N) is 1. The van der Waals surface area contributed by atoms with Crippen molar-refractivity contribution in [3.63, 3.8) is 0 Å². The molecule has 0 aromatic carbocycles. The predicted molar refractivity (Wildman–Crippen MR) is 68.8 cm³/mol. The zero-order valence-corrected chi connectivity index (χ0v) is 10.5. The number of thioether (sulfide) groups is 1. The van der Waals surface area contributed by atoms with Gasteiger partial charge in [0, 0.05) is 24.3 Å². The highest BCUT2D eigenvalue weighted by atomic mass is 32.2. The van der Waals surface area contributed by atoms with Gasteiger partial charge < -0.3 is 5.32 Å². The van der Waals surface area contributed by atoms with E-state index in [1.807, 2.05) is 11.8 Å². The second kappa shape index (κ2) is 5.78. The summed E-state index contributed by atoms with van der Waals surface area (Å²) >= 11 is 2.02. The molecule has 1 heterocycles. The van der Waals surface area contributed by atoms with Gasteiger partial charge in [0.2, 0.25) is 0 Å². The minimum Gasteiger partial charge on any atom is -0.371 e. The number of hydrogen-bond donors (Lipinski definition) is 1. The van der Waals surface area contributed by atoms with Gasteiger partial charge in [-0.15, -0.1) is 0 Å². The molecule has 0 spiro atoms. The average Bonchev–Trinajstić information content (AvgIpc) is 2.54. The van der Waals surface area contributed by atoms with Crippen molar-refractivity contribution in [3.05, 3.63) is 0 Å². The highest BCUT2D eigenvalue weighted by molar-refractivity contribution is 7.99. The Balaban J connectivity index is 1.78. The van der Waals surface area contributed by atoms with Crippen molar-refractivity contribution in [2.45, 2.75) is 56.2 Å². The van der Waals surface area contributed by atoms with Gasteiger partial charge in [-0.2, -0.15) is 11.8 Å². The molecular formula is C12H22N2S. The molecule has 1 fully saturated rings. The van der Waals surface area contributed by atoms with Gasteiger partial charge in [-0.3, -0.25) is 4.99 Å². The summed E-state index contributed by atoms with van der Waals surface area (Å²) in [7, 11) is 0. The molecule has 2 atom stereocenters. The SMILES string of the molecule is CSC1CCC(NC2=NCCCCC2)C1. The van der Waals surface area contributed by atoms with Gasteiger partial charge in [-0.05, 0) is 38.4 Å². The van der Waals surface area contributed by atoms with Crippen molar-refractivity contribution in [1.82, 2.24) is 5.32 Å². The molecule has 0 amide bonds. The summed E-state index contributed by atoms with van der Waals surface area (Å²) in [5.41, 5.74) is 0. The van der Waals surface area contributed by atoms with Crippen molar-refractivity contribution >= 4 is 17.6 Å². The first-order valence-corrected chi connectivity index (χ1v) is 7.50. The molecule has 86 valence electrons. The summed E-state index contributed by atoms with van der Waals surface area (Å²) in [6, 6.07) is 0.708. The number of rotatable bonds is 2. The summed E-state index contributed by atoms with van der Waals surface area (Å²) in [5.74, 6) is 1.29. The third-order valence-corrected chi connectivity index (χ3v) is 4.56. The zero-order valence-electron chi connectivity index (χ0n) is 9.67. The topological polar surface area (TPSA) is 24.4 Å². The van der Waals surface area contributed by atoms with Crippen LogP contribution in [0.2, 0.25) is 0 Å². The molecule has 15 heavy (non-hydrogen) atoms. The maximum absolute atomic E-state index is 4.64. The van der Waals surface area contributed by atoms with Crippen LogP contribution in [0.3, 0.4) is 0 Å². The molecule has 1 aliphatic heterocycles. The van der Waals surface area contributed by atoms with E-state index in [4.69, 9.17) is 0 Å². The van der Waals surface area contributed by atoms with E-state index >= 15 is 0 Å². The second-order valence-corrected chi connectivity index (χ2v) is 5.79. The van der Waals surface area contributed by atoms with Crippen LogP contribution in [0, 0.1) is 0 Å². The predicted octanol–water partition coefficient (Wildman–Crippen LogP) is 2.83. The van der Waals surface area contributed by atoms with Crippen molar-refractivity contribution in [3.8, 4) is 0 Å². The van der Waals surface area contributed by atoms with Crippen molar-refractivity contribution in [1.29, 1.82) is 0 Å². The number of hydrogen-bond acceptors (Lipinski definition) is 3. The monoisotopic (exact) mass is 226 g/mol. The summed E-state index contributed by atoms with van der Waals surface area (Å²) in [6.45, 7) is 1.04. The van der Waals surface area contributed by atoms with E-state index in [1.54, 1.807) is 0 Å². The highest BCUT2D eigenvalue weighted by Crippen LogP contribution is 2.28. The fraction of sp³-hybridized carbons (Fsp3) is 0.917. The summed E-state index contributed by atoms with van der Waals surface area (Å²) < 4.78 is 0. The van der Waals surface area contributed by atoms with E-state index in [0.717, 1.165) is 11.8 Å². The van der Waals surface area contributed by atoms with E-state index in [0.29, 0.717) is 6.04 Å². The lowest BCUT2D eigenvalue weighted by Crippen LogP contribution is -2.33. The third-order valence-electron chi connectivity index (χ3n) is 3.46. The zero-order chi connectivity index (χ0) is 10.5. The van der Waals surface area contributed by atoms with Crippen LogP contribution in [0.1, 0.15) is 44.9 Å². The first-order chi connectivity index (χ1) is 7.38. The Morgan fingerprint density at radius 3 is 3.00 bits per heavy atom. The molecule has 3 heteroatoms. The first-order valence-electron chi connectivity index (χ1n) is 6.21. The molecule has 1 saturated carbocycles. The summed E-state index contributed by atoms with van der Waals surface area (Å²) in [4.78, 5) is 4.64. The van der Waals surface area contributed by atoms with Gasteiger partial charge in [-0.1, -0.05) is 6.42 Å². The Hall–Kier alpha value is -0.180. The van der Waals surface area contributed by atoms with Gasteiger partial charge >= 0.3 is 0 Å². The van der Waals surface area contributed by atoms with Gasteiger partial charge in [-0.25, -0.2) is 0 Å². The van der Waals surface area contributed by atoms with Crippen LogP contribution >= 0.6 is 11.8 Å². The number of aliphatic imine (C=N–C) groups is 1. The van der Waals surface area contributed by atoms with Gasteiger partial charge in [0.1, 0.15) is 0 Å². The van der Waals surface area contributed by atoms with Crippen molar-refractivity contribution in [2.75, 3.05) is 12.8 Å². The van der Waals surface area contributed by atoms with Crippen LogP contribution in [-0.4, -0.2) is 29.9 Å². The Kier molecular flexibility index (Phi) is 4.36. The fourth-order valence-corrected chi connectivity index (χ4v) is 3.31. The van der Waals surface area contributed by atoms with Crippen LogP contribution in [-0.2, 0) is 0 Å². The highest BCUT2D eigenvalue weighted by Gasteiger charge is 2.24. The van der Waals surface area contributed by atoms with Crippen LogP contribution in [0.5, 0.6) is 0 Å². The van der Waals surface area contributed by atoms with E-state index in [2.05, 4.69) is 16.6 Å². The van der Waals surface area contributed by atoms with E-state index in [1.165, 1.54) is 50.8 Å². The largest absolute Gasteiger partial charge is 0.371 e. The third kappa shape index (κ3) is 3.40. The van der Waals surface area contributed by atoms with Crippen LogP contribution in [0.25, 0.3) is 0 Å². The average molecular weight is 226 g/mol. The van der Waals surface area contributed by atoms with Crippen LogP contribution < -0.4 is 5.32 Å².